The van der Waals surface area contributed by atoms with Gasteiger partial charge >= 0.3 is 0 Å². The zero-order valence-corrected chi connectivity index (χ0v) is 14.4. The first-order chi connectivity index (χ1) is 12.6. The number of rotatable bonds is 3. The van der Waals surface area contributed by atoms with E-state index in [1.807, 2.05) is 18.2 Å². The molecule has 0 saturated carbocycles. The van der Waals surface area contributed by atoms with E-state index in [1.54, 1.807) is 24.3 Å². The number of anilines is 2. The molecule has 0 spiro atoms. The zero-order chi connectivity index (χ0) is 18.1. The maximum absolute atomic E-state index is 12.6. The third-order valence-electron chi connectivity index (χ3n) is 4.50. The molecule has 0 unspecified atom stereocenters. The number of benzene rings is 3. The van der Waals surface area contributed by atoms with Gasteiger partial charge in [-0.25, -0.2) is 0 Å². The number of carbonyl (C=O) groups excluding carboxylic acids is 2. The summed E-state index contributed by atoms with van der Waals surface area (Å²) in [5, 5.41) is 5.64. The van der Waals surface area contributed by atoms with Crippen LogP contribution in [0.3, 0.4) is 0 Å². The molecule has 0 aliphatic heterocycles. The summed E-state index contributed by atoms with van der Waals surface area (Å²) in [5.41, 5.74) is 6.85. The van der Waals surface area contributed by atoms with Gasteiger partial charge in [-0.05, 0) is 59.0 Å². The van der Waals surface area contributed by atoms with Gasteiger partial charge in [0.25, 0.3) is 5.91 Å². The highest BCUT2D eigenvalue weighted by Crippen LogP contribution is 2.37. The summed E-state index contributed by atoms with van der Waals surface area (Å²) < 4.78 is 0. The number of nitrogens with one attached hydrogen (secondary N) is 2. The van der Waals surface area contributed by atoms with Crippen molar-refractivity contribution in [3.8, 4) is 11.1 Å². The van der Waals surface area contributed by atoms with Crippen LogP contribution >= 0.6 is 0 Å². The Balaban J connectivity index is 1.57. The van der Waals surface area contributed by atoms with Crippen molar-refractivity contribution in [3.63, 3.8) is 0 Å². The minimum Gasteiger partial charge on any atom is -0.326 e. The molecule has 4 nitrogen and oxygen atoms in total. The Labute approximate surface area is 151 Å². The zero-order valence-electron chi connectivity index (χ0n) is 14.4. The molecule has 1 aliphatic rings. The summed E-state index contributed by atoms with van der Waals surface area (Å²) in [5.74, 6) is -0.372. The minimum atomic E-state index is -0.205. The van der Waals surface area contributed by atoms with Crippen LogP contribution in [-0.2, 0) is 11.2 Å². The lowest BCUT2D eigenvalue weighted by molar-refractivity contribution is -0.114. The van der Waals surface area contributed by atoms with E-state index in [0.29, 0.717) is 11.3 Å². The summed E-state index contributed by atoms with van der Waals surface area (Å²) in [6.07, 6.45) is 0.929. The highest BCUT2D eigenvalue weighted by atomic mass is 16.2. The van der Waals surface area contributed by atoms with Gasteiger partial charge in [0, 0.05) is 23.9 Å². The van der Waals surface area contributed by atoms with Crippen molar-refractivity contribution in [1.82, 2.24) is 0 Å². The Morgan fingerprint density at radius 3 is 2.38 bits per heavy atom. The second-order valence-corrected chi connectivity index (χ2v) is 6.42. The van der Waals surface area contributed by atoms with E-state index in [2.05, 4.69) is 34.9 Å². The molecule has 4 heteroatoms. The van der Waals surface area contributed by atoms with E-state index in [1.165, 1.54) is 29.2 Å². The van der Waals surface area contributed by atoms with Crippen LogP contribution in [0.5, 0.6) is 0 Å². The predicted octanol–water partition coefficient (Wildman–Crippen LogP) is 4.47. The molecule has 0 heterocycles. The van der Waals surface area contributed by atoms with Crippen LogP contribution in [0.2, 0.25) is 0 Å². The van der Waals surface area contributed by atoms with Gasteiger partial charge in [0.05, 0.1) is 0 Å². The van der Waals surface area contributed by atoms with E-state index in [4.69, 9.17) is 0 Å². The van der Waals surface area contributed by atoms with Gasteiger partial charge in [-0.1, -0.05) is 36.4 Å². The van der Waals surface area contributed by atoms with Crippen molar-refractivity contribution < 1.29 is 9.59 Å². The molecule has 26 heavy (non-hydrogen) atoms. The van der Waals surface area contributed by atoms with Crippen molar-refractivity contribution in [2.75, 3.05) is 10.6 Å². The lowest BCUT2D eigenvalue weighted by Gasteiger charge is -2.09. The van der Waals surface area contributed by atoms with Crippen LogP contribution in [0.25, 0.3) is 11.1 Å². The molecular weight excluding hydrogens is 324 g/mol. The molecule has 3 aromatic rings. The first-order valence-electron chi connectivity index (χ1n) is 8.50. The Bertz CT molecular complexity index is 1020. The lowest BCUT2D eigenvalue weighted by Crippen LogP contribution is -2.13. The molecule has 0 fully saturated rings. The standard InChI is InChI=1S/C22H18N2O2/c1-14(25)23-18-7-4-6-17(12-18)22(26)24-19-10-9-16-11-15-5-2-3-8-20(15)21(16)13-19/h2-10,12-13H,11H2,1H3,(H,23,25)(H,24,26). The number of amides is 2. The van der Waals surface area contributed by atoms with Crippen LogP contribution in [0.15, 0.2) is 66.7 Å². The maximum atomic E-state index is 12.6. The van der Waals surface area contributed by atoms with Crippen LogP contribution < -0.4 is 10.6 Å². The fraction of sp³-hybridized carbons (Fsp3) is 0.0909. The fourth-order valence-electron chi connectivity index (χ4n) is 3.35. The second kappa shape index (κ2) is 6.48. The van der Waals surface area contributed by atoms with Gasteiger partial charge in [0.1, 0.15) is 0 Å². The molecule has 3 aromatic carbocycles. The Kier molecular flexibility index (Phi) is 4.01. The van der Waals surface area contributed by atoms with Crippen molar-refractivity contribution in [3.05, 3.63) is 83.4 Å². The molecule has 2 amide bonds. The normalized spacial score (nSPS) is 11.4. The van der Waals surface area contributed by atoms with Crippen LogP contribution in [0.4, 0.5) is 11.4 Å². The molecule has 0 radical (unpaired) electrons. The van der Waals surface area contributed by atoms with Crippen molar-refractivity contribution >= 4 is 23.2 Å². The molecule has 0 aromatic heterocycles. The van der Waals surface area contributed by atoms with Crippen LogP contribution in [0, 0.1) is 0 Å². The molecule has 2 N–H and O–H groups in total. The highest BCUT2D eigenvalue weighted by Gasteiger charge is 2.18. The predicted molar refractivity (Wildman–Crippen MR) is 103 cm³/mol. The first-order valence-corrected chi connectivity index (χ1v) is 8.50. The molecule has 0 atom stereocenters. The van der Waals surface area contributed by atoms with Crippen molar-refractivity contribution in [2.45, 2.75) is 13.3 Å². The van der Waals surface area contributed by atoms with Gasteiger partial charge in [-0.3, -0.25) is 9.59 Å². The van der Waals surface area contributed by atoms with Gasteiger partial charge < -0.3 is 10.6 Å². The third-order valence-corrected chi connectivity index (χ3v) is 4.50. The highest BCUT2D eigenvalue weighted by molar-refractivity contribution is 6.05. The van der Waals surface area contributed by atoms with E-state index in [9.17, 15) is 9.59 Å². The molecule has 128 valence electrons. The second-order valence-electron chi connectivity index (χ2n) is 6.42. The Hall–Kier alpha value is -3.40. The smallest absolute Gasteiger partial charge is 0.255 e. The van der Waals surface area contributed by atoms with E-state index < -0.39 is 0 Å². The SMILES string of the molecule is CC(=O)Nc1cccc(C(=O)Nc2ccc3c(c2)-c2ccccc2C3)c1. The average molecular weight is 342 g/mol. The average Bonchev–Trinajstić information content (AvgIpc) is 2.99. The van der Waals surface area contributed by atoms with Crippen LogP contribution in [0.1, 0.15) is 28.4 Å². The topological polar surface area (TPSA) is 58.2 Å². The van der Waals surface area contributed by atoms with Gasteiger partial charge in [-0.15, -0.1) is 0 Å². The number of hydrogen-bond acceptors (Lipinski definition) is 2. The molecule has 4 rings (SSSR count). The van der Waals surface area contributed by atoms with Gasteiger partial charge in [0.2, 0.25) is 5.91 Å². The number of fused-ring (bicyclic) bond motifs is 3. The minimum absolute atomic E-state index is 0.167. The van der Waals surface area contributed by atoms with Crippen molar-refractivity contribution in [2.24, 2.45) is 0 Å². The van der Waals surface area contributed by atoms with Crippen molar-refractivity contribution in [1.29, 1.82) is 0 Å². The van der Waals surface area contributed by atoms with E-state index in [0.717, 1.165) is 12.1 Å². The fourth-order valence-corrected chi connectivity index (χ4v) is 3.35. The molecule has 0 bridgehead atoms. The largest absolute Gasteiger partial charge is 0.326 e. The van der Waals surface area contributed by atoms with E-state index in [-0.39, 0.29) is 11.8 Å². The lowest BCUT2D eigenvalue weighted by atomic mass is 10.1. The Morgan fingerprint density at radius 1 is 0.769 bits per heavy atom. The number of carbonyl (C=O) groups is 2. The summed E-state index contributed by atoms with van der Waals surface area (Å²) in [4.78, 5) is 23.8. The van der Waals surface area contributed by atoms with Gasteiger partial charge in [0.15, 0.2) is 0 Å². The summed E-state index contributed by atoms with van der Waals surface area (Å²) in [6, 6.07) is 21.3. The summed E-state index contributed by atoms with van der Waals surface area (Å²) in [7, 11) is 0. The molecule has 0 saturated heterocycles. The third kappa shape index (κ3) is 3.09. The van der Waals surface area contributed by atoms with Gasteiger partial charge in [-0.2, -0.15) is 0 Å². The quantitative estimate of drug-likeness (QED) is 0.577. The maximum Gasteiger partial charge on any atom is 0.255 e. The summed E-state index contributed by atoms with van der Waals surface area (Å²) in [6.45, 7) is 1.44. The van der Waals surface area contributed by atoms with E-state index >= 15 is 0 Å². The summed E-state index contributed by atoms with van der Waals surface area (Å²) >= 11 is 0. The Morgan fingerprint density at radius 2 is 1.54 bits per heavy atom. The monoisotopic (exact) mass is 342 g/mol. The molecule has 1 aliphatic carbocycles. The molecular formula is C22H18N2O2. The van der Waals surface area contributed by atoms with Crippen LogP contribution in [-0.4, -0.2) is 11.8 Å². The first kappa shape index (κ1) is 16.1. The number of hydrogen-bond donors (Lipinski definition) is 2.